The van der Waals surface area contributed by atoms with Gasteiger partial charge in [-0.2, -0.15) is 5.26 Å². The lowest BCUT2D eigenvalue weighted by atomic mass is 10.2. The molecule has 0 saturated carbocycles. The summed E-state index contributed by atoms with van der Waals surface area (Å²) in [5.41, 5.74) is 6.45. The van der Waals surface area contributed by atoms with E-state index in [1.54, 1.807) is 0 Å². The molecule has 5 nitrogen and oxygen atoms in total. The van der Waals surface area contributed by atoms with Crippen LogP contribution in [0.2, 0.25) is 5.02 Å². The molecular formula is C13H10ClN3O2S. The molecule has 0 fully saturated rings. The molecule has 20 heavy (non-hydrogen) atoms. The minimum Gasteiger partial charge on any atom is -0.399 e. The van der Waals surface area contributed by atoms with E-state index in [9.17, 15) is 8.42 Å². The van der Waals surface area contributed by atoms with Gasteiger partial charge in [0, 0.05) is 5.69 Å². The fraction of sp³-hybridized carbons (Fsp3) is 0. The van der Waals surface area contributed by atoms with E-state index in [4.69, 9.17) is 22.6 Å². The number of hydrogen-bond donors (Lipinski definition) is 2. The smallest absolute Gasteiger partial charge is 0.261 e. The van der Waals surface area contributed by atoms with E-state index in [0.717, 1.165) is 0 Å². The summed E-state index contributed by atoms with van der Waals surface area (Å²) in [6.45, 7) is 0. The molecule has 0 unspecified atom stereocenters. The van der Waals surface area contributed by atoms with E-state index in [-0.39, 0.29) is 21.2 Å². The number of nitrogens with two attached hydrogens (primary N) is 1. The maximum Gasteiger partial charge on any atom is 0.261 e. The third-order valence-electron chi connectivity index (χ3n) is 2.53. The molecule has 0 amide bonds. The van der Waals surface area contributed by atoms with Crippen LogP contribution in [0, 0.1) is 11.3 Å². The van der Waals surface area contributed by atoms with Crippen LogP contribution in [0.15, 0.2) is 47.4 Å². The zero-order valence-electron chi connectivity index (χ0n) is 10.2. The Kier molecular flexibility index (Phi) is 3.84. The lowest BCUT2D eigenvalue weighted by Crippen LogP contribution is -2.13. The number of nitriles is 1. The second kappa shape index (κ2) is 5.41. The zero-order chi connectivity index (χ0) is 14.8. The second-order valence-electron chi connectivity index (χ2n) is 3.98. The minimum atomic E-state index is -3.73. The van der Waals surface area contributed by atoms with Gasteiger partial charge in [0.15, 0.2) is 0 Å². The van der Waals surface area contributed by atoms with Gasteiger partial charge in [-0.1, -0.05) is 11.6 Å². The molecule has 0 saturated heterocycles. The first-order valence-corrected chi connectivity index (χ1v) is 7.36. The van der Waals surface area contributed by atoms with Gasteiger partial charge in [0.1, 0.15) is 6.07 Å². The Balaban J connectivity index is 2.34. The molecule has 0 aliphatic carbocycles. The molecule has 2 rings (SSSR count). The van der Waals surface area contributed by atoms with Crippen molar-refractivity contribution in [3.05, 3.63) is 53.1 Å². The van der Waals surface area contributed by atoms with Crippen molar-refractivity contribution in [1.82, 2.24) is 0 Å². The van der Waals surface area contributed by atoms with Gasteiger partial charge in [0.05, 0.1) is 21.2 Å². The third-order valence-corrected chi connectivity index (χ3v) is 4.26. The first kappa shape index (κ1) is 14.2. The highest BCUT2D eigenvalue weighted by atomic mass is 35.5. The van der Waals surface area contributed by atoms with E-state index < -0.39 is 10.0 Å². The van der Waals surface area contributed by atoms with E-state index in [1.807, 2.05) is 6.07 Å². The Morgan fingerprint density at radius 2 is 1.80 bits per heavy atom. The maximum absolute atomic E-state index is 12.1. The van der Waals surface area contributed by atoms with Crippen molar-refractivity contribution in [3.63, 3.8) is 0 Å². The Morgan fingerprint density at radius 3 is 2.40 bits per heavy atom. The van der Waals surface area contributed by atoms with E-state index in [2.05, 4.69) is 4.72 Å². The average molecular weight is 308 g/mol. The Morgan fingerprint density at radius 1 is 1.15 bits per heavy atom. The molecule has 3 N–H and O–H groups in total. The first-order valence-electron chi connectivity index (χ1n) is 5.50. The molecule has 0 spiro atoms. The van der Waals surface area contributed by atoms with E-state index >= 15 is 0 Å². The highest BCUT2D eigenvalue weighted by molar-refractivity contribution is 7.92. The van der Waals surface area contributed by atoms with Crippen molar-refractivity contribution in [2.75, 3.05) is 10.5 Å². The van der Waals surface area contributed by atoms with Gasteiger partial charge in [0.25, 0.3) is 10.0 Å². The number of nitrogen functional groups attached to an aromatic ring is 1. The molecule has 0 aromatic heterocycles. The summed E-state index contributed by atoms with van der Waals surface area (Å²) in [5.74, 6) is 0. The number of halogens is 1. The minimum absolute atomic E-state index is 0.0835. The van der Waals surface area contributed by atoms with Crippen molar-refractivity contribution in [1.29, 1.82) is 5.26 Å². The van der Waals surface area contributed by atoms with Crippen molar-refractivity contribution >= 4 is 33.0 Å². The maximum atomic E-state index is 12.1. The summed E-state index contributed by atoms with van der Waals surface area (Å²) in [5, 5.41) is 9.13. The molecule has 0 aliphatic rings. The second-order valence-corrected chi connectivity index (χ2v) is 6.07. The van der Waals surface area contributed by atoms with Crippen LogP contribution in [0.4, 0.5) is 11.4 Å². The zero-order valence-corrected chi connectivity index (χ0v) is 11.7. The first-order chi connectivity index (χ1) is 9.42. The molecule has 102 valence electrons. The normalized spacial score (nSPS) is 10.8. The van der Waals surface area contributed by atoms with Crippen LogP contribution in [0.3, 0.4) is 0 Å². The van der Waals surface area contributed by atoms with Crippen LogP contribution >= 0.6 is 11.6 Å². The third kappa shape index (κ3) is 3.02. The largest absolute Gasteiger partial charge is 0.399 e. The predicted octanol–water partition coefficient (Wildman–Crippen LogP) is 2.59. The Labute approximate surface area is 121 Å². The summed E-state index contributed by atoms with van der Waals surface area (Å²) in [6.07, 6.45) is 0. The highest BCUT2D eigenvalue weighted by Crippen LogP contribution is 2.22. The van der Waals surface area contributed by atoms with Gasteiger partial charge >= 0.3 is 0 Å². The molecule has 2 aromatic carbocycles. The number of nitrogens with one attached hydrogen (secondary N) is 1. The van der Waals surface area contributed by atoms with E-state index in [1.165, 1.54) is 42.5 Å². The van der Waals surface area contributed by atoms with Gasteiger partial charge in [0.2, 0.25) is 0 Å². The number of rotatable bonds is 3. The van der Waals surface area contributed by atoms with Gasteiger partial charge < -0.3 is 5.73 Å². The summed E-state index contributed by atoms with van der Waals surface area (Å²) >= 11 is 5.79. The van der Waals surface area contributed by atoms with Gasteiger partial charge in [-0.05, 0) is 42.5 Å². The molecule has 0 atom stereocenters. The molecule has 0 radical (unpaired) electrons. The fourth-order valence-corrected chi connectivity index (χ4v) is 2.74. The van der Waals surface area contributed by atoms with Crippen molar-refractivity contribution in [3.8, 4) is 6.07 Å². The number of hydrogen-bond acceptors (Lipinski definition) is 4. The SMILES string of the molecule is N#Cc1cc(NS(=O)(=O)c2ccc(N)cc2)ccc1Cl. The van der Waals surface area contributed by atoms with Crippen molar-refractivity contribution in [2.24, 2.45) is 0 Å². The molecular weight excluding hydrogens is 298 g/mol. The van der Waals surface area contributed by atoms with Crippen LogP contribution < -0.4 is 10.5 Å². The molecule has 0 bridgehead atoms. The van der Waals surface area contributed by atoms with Crippen LogP contribution in [-0.2, 0) is 10.0 Å². The fourth-order valence-electron chi connectivity index (χ4n) is 1.54. The van der Waals surface area contributed by atoms with Gasteiger partial charge in [-0.3, -0.25) is 4.72 Å². The standard InChI is InChI=1S/C13H10ClN3O2S/c14-13-6-3-11(7-9(13)8-15)17-20(18,19)12-4-1-10(16)2-5-12/h1-7,17H,16H2. The van der Waals surface area contributed by atoms with E-state index in [0.29, 0.717) is 5.69 Å². The predicted molar refractivity (Wildman–Crippen MR) is 77.8 cm³/mol. The van der Waals surface area contributed by atoms with Crippen LogP contribution in [-0.4, -0.2) is 8.42 Å². The monoisotopic (exact) mass is 307 g/mol. The number of nitrogens with zero attached hydrogens (tertiary/aromatic N) is 1. The molecule has 7 heteroatoms. The van der Waals surface area contributed by atoms with Crippen LogP contribution in [0.5, 0.6) is 0 Å². The van der Waals surface area contributed by atoms with Gasteiger partial charge in [-0.25, -0.2) is 8.42 Å². The lowest BCUT2D eigenvalue weighted by Gasteiger charge is -2.09. The number of sulfonamides is 1. The number of anilines is 2. The highest BCUT2D eigenvalue weighted by Gasteiger charge is 2.14. The Bertz CT molecular complexity index is 780. The lowest BCUT2D eigenvalue weighted by molar-refractivity contribution is 0.601. The summed E-state index contributed by atoms with van der Waals surface area (Å²) in [7, 11) is -3.73. The van der Waals surface area contributed by atoms with Crippen molar-refractivity contribution in [2.45, 2.75) is 4.90 Å². The summed E-state index contributed by atoms with van der Waals surface area (Å²) in [6, 6.07) is 12.0. The Hall–Kier alpha value is -2.23. The quantitative estimate of drug-likeness (QED) is 0.852. The topological polar surface area (TPSA) is 96.0 Å². The average Bonchev–Trinajstić information content (AvgIpc) is 2.41. The molecule has 2 aromatic rings. The van der Waals surface area contributed by atoms with Crippen LogP contribution in [0.1, 0.15) is 5.56 Å². The van der Waals surface area contributed by atoms with Crippen molar-refractivity contribution < 1.29 is 8.42 Å². The summed E-state index contributed by atoms with van der Waals surface area (Å²) in [4.78, 5) is 0.0835. The van der Waals surface area contributed by atoms with Crippen LogP contribution in [0.25, 0.3) is 0 Å². The number of benzene rings is 2. The molecule has 0 aliphatic heterocycles. The molecule has 0 heterocycles. The summed E-state index contributed by atoms with van der Waals surface area (Å²) < 4.78 is 26.6. The van der Waals surface area contributed by atoms with Gasteiger partial charge in [-0.15, -0.1) is 0 Å².